The molecule has 0 radical (unpaired) electrons. The molecular formula is C18H24N2. The van der Waals surface area contributed by atoms with Crippen LogP contribution in [0.1, 0.15) is 51.2 Å². The van der Waals surface area contributed by atoms with Crippen LogP contribution in [0.25, 0.3) is 10.9 Å². The Morgan fingerprint density at radius 1 is 1.15 bits per heavy atom. The Bertz CT molecular complexity index is 629. The minimum atomic E-state index is 0.545. The van der Waals surface area contributed by atoms with Crippen LogP contribution in [0.2, 0.25) is 0 Å². The Morgan fingerprint density at radius 2 is 1.95 bits per heavy atom. The van der Waals surface area contributed by atoms with Crippen LogP contribution in [0.3, 0.4) is 0 Å². The van der Waals surface area contributed by atoms with Crippen LogP contribution in [-0.2, 0) is 6.42 Å². The number of benzene rings is 1. The maximum atomic E-state index is 4.60. The van der Waals surface area contributed by atoms with Crippen molar-refractivity contribution in [1.82, 2.24) is 4.98 Å². The van der Waals surface area contributed by atoms with E-state index in [1.54, 1.807) is 0 Å². The molecule has 1 aromatic heterocycles. The first-order valence-corrected chi connectivity index (χ1v) is 7.76. The van der Waals surface area contributed by atoms with Crippen LogP contribution in [0, 0.1) is 0 Å². The zero-order valence-electron chi connectivity index (χ0n) is 13.0. The van der Waals surface area contributed by atoms with Crippen LogP contribution in [-0.4, -0.2) is 17.6 Å². The third-order valence-corrected chi connectivity index (χ3v) is 4.38. The molecular weight excluding hydrogens is 244 g/mol. The molecule has 0 saturated heterocycles. The van der Waals surface area contributed by atoms with Gasteiger partial charge in [0.2, 0.25) is 0 Å². The predicted molar refractivity (Wildman–Crippen MR) is 86.6 cm³/mol. The van der Waals surface area contributed by atoms with E-state index in [1.165, 1.54) is 41.6 Å². The van der Waals surface area contributed by atoms with Crippen LogP contribution in [0.5, 0.6) is 0 Å². The molecule has 0 saturated carbocycles. The lowest BCUT2D eigenvalue weighted by molar-refractivity contribution is 0.626. The average Bonchev–Trinajstić information content (AvgIpc) is 2.43. The fourth-order valence-corrected chi connectivity index (χ4v) is 3.32. The van der Waals surface area contributed by atoms with Crippen molar-refractivity contribution in [2.75, 3.05) is 11.4 Å². The molecule has 1 aromatic carbocycles. The molecule has 0 aliphatic carbocycles. The van der Waals surface area contributed by atoms with Crippen LogP contribution in [0.15, 0.2) is 24.4 Å². The largest absolute Gasteiger partial charge is 0.369 e. The lowest BCUT2D eigenvalue weighted by Gasteiger charge is -2.35. The number of fused-ring (bicyclic) bond motifs is 2. The summed E-state index contributed by atoms with van der Waals surface area (Å²) >= 11 is 0. The van der Waals surface area contributed by atoms with E-state index in [0.29, 0.717) is 12.0 Å². The summed E-state index contributed by atoms with van der Waals surface area (Å²) in [7, 11) is 0. The zero-order chi connectivity index (χ0) is 14.3. The first kappa shape index (κ1) is 13.4. The summed E-state index contributed by atoms with van der Waals surface area (Å²) in [6.07, 6.45) is 4.40. The minimum absolute atomic E-state index is 0.545. The molecule has 0 bridgehead atoms. The fourth-order valence-electron chi connectivity index (χ4n) is 3.32. The second-order valence-corrected chi connectivity index (χ2v) is 6.44. The third kappa shape index (κ3) is 2.17. The summed E-state index contributed by atoms with van der Waals surface area (Å²) in [6, 6.07) is 7.42. The monoisotopic (exact) mass is 268 g/mol. The van der Waals surface area contributed by atoms with Gasteiger partial charge in [0.25, 0.3) is 0 Å². The number of nitrogens with zero attached hydrogens (tertiary/aromatic N) is 2. The topological polar surface area (TPSA) is 16.1 Å². The Balaban J connectivity index is 2.21. The molecule has 0 unspecified atom stereocenters. The van der Waals surface area contributed by atoms with Gasteiger partial charge in [0.05, 0.1) is 5.52 Å². The molecule has 20 heavy (non-hydrogen) atoms. The maximum Gasteiger partial charge on any atom is 0.0725 e. The molecule has 1 aliphatic rings. The summed E-state index contributed by atoms with van der Waals surface area (Å²) in [6.45, 7) is 10.2. The van der Waals surface area contributed by atoms with Gasteiger partial charge in [-0.2, -0.15) is 0 Å². The zero-order valence-corrected chi connectivity index (χ0v) is 13.0. The van der Waals surface area contributed by atoms with Gasteiger partial charge in [0.15, 0.2) is 0 Å². The van der Waals surface area contributed by atoms with Crippen molar-refractivity contribution < 1.29 is 0 Å². The van der Waals surface area contributed by atoms with Gasteiger partial charge in [-0.05, 0) is 61.9 Å². The molecule has 2 heterocycles. The van der Waals surface area contributed by atoms with E-state index in [2.05, 4.69) is 55.8 Å². The molecule has 2 heteroatoms. The van der Waals surface area contributed by atoms with Crippen LogP contribution < -0.4 is 4.90 Å². The number of hydrogen-bond acceptors (Lipinski definition) is 2. The smallest absolute Gasteiger partial charge is 0.0725 e. The third-order valence-electron chi connectivity index (χ3n) is 4.38. The average molecular weight is 268 g/mol. The van der Waals surface area contributed by atoms with Crippen molar-refractivity contribution in [2.45, 2.75) is 52.5 Å². The Hall–Kier alpha value is -1.57. The molecule has 2 aromatic rings. The maximum absolute atomic E-state index is 4.60. The Labute approximate surface area is 121 Å². The number of aryl methyl sites for hydroxylation is 1. The SMILES string of the molecule is CC(C)c1ccnc2cc3c(cc12)CCCN3C(C)C. The lowest BCUT2D eigenvalue weighted by Crippen LogP contribution is -2.35. The van der Waals surface area contributed by atoms with Gasteiger partial charge in [-0.3, -0.25) is 4.98 Å². The normalized spacial score (nSPS) is 15.2. The molecule has 2 nitrogen and oxygen atoms in total. The van der Waals surface area contributed by atoms with E-state index in [4.69, 9.17) is 0 Å². The van der Waals surface area contributed by atoms with E-state index in [-0.39, 0.29) is 0 Å². The summed E-state index contributed by atoms with van der Waals surface area (Å²) < 4.78 is 0. The summed E-state index contributed by atoms with van der Waals surface area (Å²) in [5.74, 6) is 0.545. The van der Waals surface area contributed by atoms with Crippen LogP contribution >= 0.6 is 0 Å². The van der Waals surface area contributed by atoms with Gasteiger partial charge in [-0.15, -0.1) is 0 Å². The van der Waals surface area contributed by atoms with Crippen molar-refractivity contribution in [2.24, 2.45) is 0 Å². The van der Waals surface area contributed by atoms with Gasteiger partial charge >= 0.3 is 0 Å². The lowest BCUT2D eigenvalue weighted by atomic mass is 9.93. The van der Waals surface area contributed by atoms with E-state index < -0.39 is 0 Å². The van der Waals surface area contributed by atoms with Crippen molar-refractivity contribution in [3.8, 4) is 0 Å². The van der Waals surface area contributed by atoms with E-state index >= 15 is 0 Å². The molecule has 0 N–H and O–H groups in total. The van der Waals surface area contributed by atoms with E-state index in [0.717, 1.165) is 5.52 Å². The Kier molecular flexibility index (Phi) is 3.41. The number of anilines is 1. The minimum Gasteiger partial charge on any atom is -0.369 e. The first-order chi connectivity index (χ1) is 9.58. The van der Waals surface area contributed by atoms with Crippen molar-refractivity contribution in [3.63, 3.8) is 0 Å². The van der Waals surface area contributed by atoms with Gasteiger partial charge in [0.1, 0.15) is 0 Å². The molecule has 1 aliphatic heterocycles. The van der Waals surface area contributed by atoms with Gasteiger partial charge in [0, 0.05) is 29.9 Å². The highest BCUT2D eigenvalue weighted by Gasteiger charge is 2.20. The van der Waals surface area contributed by atoms with Crippen molar-refractivity contribution in [3.05, 3.63) is 35.5 Å². The number of aromatic nitrogens is 1. The number of rotatable bonds is 2. The second-order valence-electron chi connectivity index (χ2n) is 6.44. The Morgan fingerprint density at radius 3 is 2.65 bits per heavy atom. The molecule has 0 spiro atoms. The highest BCUT2D eigenvalue weighted by molar-refractivity contribution is 5.87. The summed E-state index contributed by atoms with van der Waals surface area (Å²) in [5, 5.41) is 1.34. The molecule has 0 amide bonds. The summed E-state index contributed by atoms with van der Waals surface area (Å²) in [4.78, 5) is 7.12. The van der Waals surface area contributed by atoms with Gasteiger partial charge < -0.3 is 4.90 Å². The first-order valence-electron chi connectivity index (χ1n) is 7.76. The van der Waals surface area contributed by atoms with E-state index in [1.807, 2.05) is 6.20 Å². The molecule has 0 fully saturated rings. The molecule has 106 valence electrons. The standard InChI is InChI=1S/C18H24N2/c1-12(2)15-7-8-19-17-11-18-14(10-16(15)17)6-5-9-20(18)13(3)4/h7-8,10-13H,5-6,9H2,1-4H3. The highest BCUT2D eigenvalue weighted by atomic mass is 15.2. The predicted octanol–water partition coefficient (Wildman–Crippen LogP) is 4.52. The molecule has 0 atom stereocenters. The van der Waals surface area contributed by atoms with Crippen LogP contribution in [0.4, 0.5) is 5.69 Å². The number of hydrogen-bond donors (Lipinski definition) is 0. The highest BCUT2D eigenvalue weighted by Crippen LogP contribution is 2.34. The molecule has 3 rings (SSSR count). The fraction of sp³-hybridized carbons (Fsp3) is 0.500. The van der Waals surface area contributed by atoms with E-state index in [9.17, 15) is 0 Å². The summed E-state index contributed by atoms with van der Waals surface area (Å²) in [5.41, 5.74) is 5.45. The second kappa shape index (κ2) is 5.08. The number of pyridine rings is 1. The van der Waals surface area contributed by atoms with Gasteiger partial charge in [-0.1, -0.05) is 13.8 Å². The van der Waals surface area contributed by atoms with Crippen molar-refractivity contribution >= 4 is 16.6 Å². The van der Waals surface area contributed by atoms with Crippen molar-refractivity contribution in [1.29, 1.82) is 0 Å². The van der Waals surface area contributed by atoms with Gasteiger partial charge in [-0.25, -0.2) is 0 Å². The quantitative estimate of drug-likeness (QED) is 0.796.